The first-order chi connectivity index (χ1) is 15.8. The molecule has 33 heavy (non-hydrogen) atoms. The highest BCUT2D eigenvalue weighted by atomic mass is 35.5. The fourth-order valence-corrected chi connectivity index (χ4v) is 4.38. The third-order valence-electron chi connectivity index (χ3n) is 4.51. The fourth-order valence-electron chi connectivity index (χ4n) is 2.87. The van der Waals surface area contributed by atoms with E-state index in [-0.39, 0.29) is 40.3 Å². The van der Waals surface area contributed by atoms with Gasteiger partial charge in [0.2, 0.25) is 5.91 Å². The molecule has 0 aliphatic rings. The summed E-state index contributed by atoms with van der Waals surface area (Å²) in [5.41, 5.74) is 0.524. The van der Waals surface area contributed by atoms with Crippen LogP contribution in [0.5, 0.6) is 17.2 Å². The summed E-state index contributed by atoms with van der Waals surface area (Å²) in [5.74, 6) is 1.09. The first kappa shape index (κ1) is 24.2. The Morgan fingerprint density at radius 1 is 0.939 bits per heavy atom. The van der Waals surface area contributed by atoms with Gasteiger partial charge in [0.1, 0.15) is 22.1 Å². The Bertz CT molecular complexity index is 1220. The van der Waals surface area contributed by atoms with Crippen LogP contribution in [0.3, 0.4) is 0 Å². The Morgan fingerprint density at radius 2 is 1.64 bits per heavy atom. The van der Waals surface area contributed by atoms with E-state index in [1.165, 1.54) is 19.2 Å². The van der Waals surface area contributed by atoms with Gasteiger partial charge in [0.25, 0.3) is 10.0 Å². The van der Waals surface area contributed by atoms with Gasteiger partial charge in [-0.1, -0.05) is 23.7 Å². The summed E-state index contributed by atoms with van der Waals surface area (Å²) < 4.78 is 44.2. The van der Waals surface area contributed by atoms with Crippen LogP contribution < -0.4 is 24.2 Å². The van der Waals surface area contributed by atoms with Gasteiger partial charge in [-0.25, -0.2) is 8.42 Å². The zero-order valence-corrected chi connectivity index (χ0v) is 19.6. The third-order valence-corrected chi connectivity index (χ3v) is 6.23. The van der Waals surface area contributed by atoms with Gasteiger partial charge in [0, 0.05) is 5.69 Å². The number of carbonyl (C=O) groups is 1. The number of hydrogen-bond acceptors (Lipinski definition) is 6. The quantitative estimate of drug-likeness (QED) is 0.431. The standard InChI is InChI=1S/C23H23ClN2O6S/c1-30-17-8-10-18(11-9-17)32-14-13-23(27)25-16-7-12-21(31-2)22(15-16)33(28,29)26-20-6-4-3-5-19(20)24/h3-12,15,26H,13-14H2,1-2H3,(H,25,27). The molecule has 0 spiro atoms. The van der Waals surface area contributed by atoms with E-state index >= 15 is 0 Å². The Morgan fingerprint density at radius 3 is 2.30 bits per heavy atom. The molecule has 0 atom stereocenters. The lowest BCUT2D eigenvalue weighted by Gasteiger charge is -2.14. The zero-order valence-electron chi connectivity index (χ0n) is 18.0. The average Bonchev–Trinajstić information content (AvgIpc) is 2.81. The number of methoxy groups -OCH3 is 2. The number of carbonyl (C=O) groups excluding carboxylic acids is 1. The molecule has 3 rings (SSSR count). The summed E-state index contributed by atoms with van der Waals surface area (Å²) >= 11 is 6.07. The van der Waals surface area contributed by atoms with Crippen LogP contribution in [0, 0.1) is 0 Å². The molecule has 10 heteroatoms. The second kappa shape index (κ2) is 10.9. The van der Waals surface area contributed by atoms with Crippen LogP contribution in [0.1, 0.15) is 6.42 Å². The zero-order chi connectivity index (χ0) is 23.8. The van der Waals surface area contributed by atoms with Crippen LogP contribution in [0.4, 0.5) is 11.4 Å². The van der Waals surface area contributed by atoms with Crippen molar-refractivity contribution in [2.45, 2.75) is 11.3 Å². The van der Waals surface area contributed by atoms with Gasteiger partial charge >= 0.3 is 0 Å². The van der Waals surface area contributed by atoms with Crippen LogP contribution in [0.25, 0.3) is 0 Å². The molecule has 0 aliphatic carbocycles. The highest BCUT2D eigenvalue weighted by Crippen LogP contribution is 2.31. The summed E-state index contributed by atoms with van der Waals surface area (Å²) in [7, 11) is -1.11. The molecule has 0 aromatic heterocycles. The lowest BCUT2D eigenvalue weighted by Crippen LogP contribution is -2.17. The number of ether oxygens (including phenoxy) is 3. The van der Waals surface area contributed by atoms with Gasteiger partial charge in [0.05, 0.1) is 38.0 Å². The molecule has 174 valence electrons. The lowest BCUT2D eigenvalue weighted by atomic mass is 10.3. The molecule has 0 saturated carbocycles. The number of hydrogen-bond donors (Lipinski definition) is 2. The molecule has 8 nitrogen and oxygen atoms in total. The maximum atomic E-state index is 13.0. The third kappa shape index (κ3) is 6.53. The minimum atomic E-state index is -4.04. The lowest BCUT2D eigenvalue weighted by molar-refractivity contribution is -0.116. The van der Waals surface area contributed by atoms with Crippen molar-refractivity contribution >= 4 is 38.9 Å². The van der Waals surface area contributed by atoms with Gasteiger partial charge in [-0.05, 0) is 54.6 Å². The first-order valence-corrected chi connectivity index (χ1v) is 11.7. The molecular formula is C23H23ClN2O6S. The predicted molar refractivity (Wildman–Crippen MR) is 127 cm³/mol. The highest BCUT2D eigenvalue weighted by molar-refractivity contribution is 7.92. The molecule has 0 radical (unpaired) electrons. The number of amides is 1. The number of sulfonamides is 1. The van der Waals surface area contributed by atoms with Crippen LogP contribution in [-0.2, 0) is 14.8 Å². The van der Waals surface area contributed by atoms with E-state index in [1.54, 1.807) is 61.7 Å². The van der Waals surface area contributed by atoms with Crippen LogP contribution in [-0.4, -0.2) is 35.2 Å². The van der Waals surface area contributed by atoms with E-state index in [0.717, 1.165) is 0 Å². The highest BCUT2D eigenvalue weighted by Gasteiger charge is 2.22. The smallest absolute Gasteiger partial charge is 0.265 e. The molecule has 0 saturated heterocycles. The fraction of sp³-hybridized carbons (Fsp3) is 0.174. The van der Waals surface area contributed by atoms with Crippen LogP contribution >= 0.6 is 11.6 Å². The topological polar surface area (TPSA) is 103 Å². The summed E-state index contributed by atoms with van der Waals surface area (Å²) in [6, 6.07) is 17.8. The number of nitrogens with one attached hydrogen (secondary N) is 2. The maximum Gasteiger partial charge on any atom is 0.265 e. The van der Waals surface area contributed by atoms with Crippen molar-refractivity contribution < 1.29 is 27.4 Å². The maximum absolute atomic E-state index is 13.0. The monoisotopic (exact) mass is 490 g/mol. The minimum Gasteiger partial charge on any atom is -0.497 e. The van der Waals surface area contributed by atoms with E-state index in [0.29, 0.717) is 17.2 Å². The number of benzene rings is 3. The summed E-state index contributed by atoms with van der Waals surface area (Å²) in [6.07, 6.45) is 0.0675. The Hall–Kier alpha value is -3.43. The molecule has 1 amide bonds. The van der Waals surface area contributed by atoms with Gasteiger partial charge in [0.15, 0.2) is 0 Å². The minimum absolute atomic E-state index is 0.0675. The van der Waals surface area contributed by atoms with Gasteiger partial charge in [-0.3, -0.25) is 9.52 Å². The summed E-state index contributed by atoms with van der Waals surface area (Å²) in [4.78, 5) is 12.2. The van der Waals surface area contributed by atoms with E-state index < -0.39 is 10.0 Å². The van der Waals surface area contributed by atoms with Crippen molar-refractivity contribution in [3.63, 3.8) is 0 Å². The average molecular weight is 491 g/mol. The largest absolute Gasteiger partial charge is 0.497 e. The van der Waals surface area contributed by atoms with Crippen molar-refractivity contribution in [1.82, 2.24) is 0 Å². The van der Waals surface area contributed by atoms with Crippen molar-refractivity contribution in [2.75, 3.05) is 30.9 Å². The molecule has 2 N–H and O–H groups in total. The van der Waals surface area contributed by atoms with E-state index in [9.17, 15) is 13.2 Å². The van der Waals surface area contributed by atoms with Crippen LogP contribution in [0.2, 0.25) is 5.02 Å². The van der Waals surface area contributed by atoms with Gasteiger partial charge < -0.3 is 19.5 Å². The van der Waals surface area contributed by atoms with Crippen molar-refractivity contribution in [2.24, 2.45) is 0 Å². The second-order valence-electron chi connectivity index (χ2n) is 6.77. The molecule has 3 aromatic carbocycles. The first-order valence-electron chi connectivity index (χ1n) is 9.84. The molecule has 0 bridgehead atoms. The van der Waals surface area contributed by atoms with E-state index in [2.05, 4.69) is 10.0 Å². The van der Waals surface area contributed by atoms with Gasteiger partial charge in [-0.15, -0.1) is 0 Å². The number of halogens is 1. The van der Waals surface area contributed by atoms with Gasteiger partial charge in [-0.2, -0.15) is 0 Å². The Kier molecular flexibility index (Phi) is 8.02. The Labute approximate surface area is 197 Å². The second-order valence-corrected chi connectivity index (χ2v) is 8.83. The molecular weight excluding hydrogens is 468 g/mol. The number of para-hydroxylation sites is 1. The molecule has 3 aromatic rings. The summed E-state index contributed by atoms with van der Waals surface area (Å²) in [5, 5.41) is 2.92. The molecule has 0 fully saturated rings. The summed E-state index contributed by atoms with van der Waals surface area (Å²) in [6.45, 7) is 0.146. The normalized spacial score (nSPS) is 10.9. The van der Waals surface area contributed by atoms with E-state index in [4.69, 9.17) is 25.8 Å². The van der Waals surface area contributed by atoms with Crippen molar-refractivity contribution in [1.29, 1.82) is 0 Å². The molecule has 0 unspecified atom stereocenters. The predicted octanol–water partition coefficient (Wildman–Crippen LogP) is 4.57. The Balaban J connectivity index is 1.66. The van der Waals surface area contributed by atoms with E-state index in [1.807, 2.05) is 0 Å². The molecule has 0 heterocycles. The van der Waals surface area contributed by atoms with Crippen molar-refractivity contribution in [3.05, 3.63) is 71.8 Å². The molecule has 0 aliphatic heterocycles. The van der Waals surface area contributed by atoms with Crippen molar-refractivity contribution in [3.8, 4) is 17.2 Å². The number of anilines is 2. The van der Waals surface area contributed by atoms with Crippen LogP contribution in [0.15, 0.2) is 71.6 Å². The SMILES string of the molecule is COc1ccc(OCCC(=O)Nc2ccc(OC)c(S(=O)(=O)Nc3ccccc3Cl)c2)cc1. The number of rotatable bonds is 10.